The molecule has 0 bridgehead atoms. The normalized spacial score (nSPS) is 11.3. The molecule has 0 aliphatic heterocycles. The van der Waals surface area contributed by atoms with Gasteiger partial charge in [0.2, 0.25) is 0 Å². The van der Waals surface area contributed by atoms with E-state index in [0.717, 1.165) is 13.2 Å². The van der Waals surface area contributed by atoms with Gasteiger partial charge in [-0.25, -0.2) is 0 Å². The Bertz CT molecular complexity index is 294. The van der Waals surface area contributed by atoms with Crippen molar-refractivity contribution < 1.29 is 9.31 Å². The topological polar surface area (TPSA) is 18.5 Å². The lowest BCUT2D eigenvalue weighted by molar-refractivity contribution is 0.194. The van der Waals surface area contributed by atoms with Crippen LogP contribution >= 0.6 is 0 Å². The van der Waals surface area contributed by atoms with Crippen molar-refractivity contribution in [3.8, 4) is 0 Å². The summed E-state index contributed by atoms with van der Waals surface area (Å²) in [4.78, 5) is 0. The zero-order valence-corrected chi connectivity index (χ0v) is 22.8. The van der Waals surface area contributed by atoms with Gasteiger partial charge in [-0.15, -0.1) is 0 Å². The van der Waals surface area contributed by atoms with Crippen LogP contribution in [0, 0.1) is 0 Å². The van der Waals surface area contributed by atoms with Gasteiger partial charge in [0.05, 0.1) is 0 Å². The molecule has 0 fully saturated rings. The van der Waals surface area contributed by atoms with E-state index in [1.165, 1.54) is 154 Å². The third kappa shape index (κ3) is 28.0. The molecular weight excluding hydrogens is 391 g/mol. The van der Waals surface area contributed by atoms with E-state index in [-0.39, 0.29) is 7.12 Å². The predicted molar refractivity (Wildman–Crippen MR) is 146 cm³/mol. The van der Waals surface area contributed by atoms with Crippen molar-refractivity contribution in [2.24, 2.45) is 0 Å². The standard InChI is InChI=1S/C29H61BO2/c1-4-6-8-10-12-14-16-18-20-22-24-26-28-31-30(3)32-29-27-25-23-21-19-17-15-13-11-9-7-5-2/h4-29H2,1-3H3. The summed E-state index contributed by atoms with van der Waals surface area (Å²) >= 11 is 0. The Balaban J connectivity index is 3.13. The molecule has 0 spiro atoms. The maximum atomic E-state index is 5.82. The van der Waals surface area contributed by atoms with Gasteiger partial charge >= 0.3 is 7.12 Å². The predicted octanol–water partition coefficient (Wildman–Crippen LogP) is 10.5. The fraction of sp³-hybridized carbons (Fsp3) is 1.00. The fourth-order valence-corrected chi connectivity index (χ4v) is 4.43. The van der Waals surface area contributed by atoms with Crippen LogP contribution in [-0.2, 0) is 9.31 Å². The Hall–Kier alpha value is -0.0151. The molecular formula is C29H61BO2. The smallest absolute Gasteiger partial charge is 0.411 e. The number of hydrogen-bond acceptors (Lipinski definition) is 2. The molecule has 0 rings (SSSR count). The van der Waals surface area contributed by atoms with Crippen LogP contribution in [0.5, 0.6) is 0 Å². The Labute approximate surface area is 204 Å². The molecule has 0 amide bonds. The van der Waals surface area contributed by atoms with Gasteiger partial charge in [-0.1, -0.05) is 155 Å². The molecule has 0 aliphatic rings. The molecule has 0 radical (unpaired) electrons. The summed E-state index contributed by atoms with van der Waals surface area (Å²) in [5, 5.41) is 0. The Kier molecular flexibility index (Phi) is 29.0. The van der Waals surface area contributed by atoms with Gasteiger partial charge in [0, 0.05) is 13.2 Å². The molecule has 32 heavy (non-hydrogen) atoms. The maximum absolute atomic E-state index is 5.82. The molecule has 0 atom stereocenters. The fourth-order valence-electron chi connectivity index (χ4n) is 4.43. The Morgan fingerprint density at radius 2 is 0.562 bits per heavy atom. The van der Waals surface area contributed by atoms with Crippen molar-refractivity contribution in [3.05, 3.63) is 0 Å². The number of unbranched alkanes of at least 4 members (excludes halogenated alkanes) is 22. The van der Waals surface area contributed by atoms with E-state index in [1.807, 2.05) is 0 Å². The minimum Gasteiger partial charge on any atom is -0.411 e. The molecule has 2 nitrogen and oxygen atoms in total. The average Bonchev–Trinajstić information content (AvgIpc) is 2.80. The van der Waals surface area contributed by atoms with Gasteiger partial charge in [0.25, 0.3) is 0 Å². The molecule has 192 valence electrons. The monoisotopic (exact) mass is 452 g/mol. The summed E-state index contributed by atoms with van der Waals surface area (Å²) < 4.78 is 11.6. The van der Waals surface area contributed by atoms with Crippen LogP contribution in [0.4, 0.5) is 0 Å². The third-order valence-electron chi connectivity index (χ3n) is 6.70. The second-order valence-electron chi connectivity index (χ2n) is 10.1. The summed E-state index contributed by atoms with van der Waals surface area (Å²) in [6.07, 6.45) is 33.4. The first-order chi connectivity index (χ1) is 15.8. The van der Waals surface area contributed by atoms with E-state index >= 15 is 0 Å². The van der Waals surface area contributed by atoms with E-state index in [2.05, 4.69) is 20.7 Å². The first-order valence-electron chi connectivity index (χ1n) is 15.0. The Morgan fingerprint density at radius 1 is 0.344 bits per heavy atom. The molecule has 0 N–H and O–H groups in total. The zero-order chi connectivity index (χ0) is 23.4. The lowest BCUT2D eigenvalue weighted by atomic mass is 9.95. The van der Waals surface area contributed by atoms with E-state index in [0.29, 0.717) is 0 Å². The van der Waals surface area contributed by atoms with E-state index in [4.69, 9.17) is 9.31 Å². The molecule has 0 saturated carbocycles. The van der Waals surface area contributed by atoms with Crippen molar-refractivity contribution in [2.45, 2.75) is 175 Å². The van der Waals surface area contributed by atoms with Crippen LogP contribution in [-0.4, -0.2) is 20.3 Å². The van der Waals surface area contributed by atoms with Crippen LogP contribution < -0.4 is 0 Å². The highest BCUT2D eigenvalue weighted by molar-refractivity contribution is 6.42. The third-order valence-corrected chi connectivity index (χ3v) is 6.70. The van der Waals surface area contributed by atoms with Crippen molar-refractivity contribution >= 4 is 7.12 Å². The molecule has 3 heteroatoms. The molecule has 0 aromatic rings. The summed E-state index contributed by atoms with van der Waals surface area (Å²) in [5.41, 5.74) is 0. The summed E-state index contributed by atoms with van der Waals surface area (Å²) in [7, 11) is -0.0320. The molecule has 0 heterocycles. The van der Waals surface area contributed by atoms with E-state index < -0.39 is 0 Å². The molecule has 0 aromatic carbocycles. The minimum absolute atomic E-state index is 0.0320. The second-order valence-corrected chi connectivity index (χ2v) is 10.1. The van der Waals surface area contributed by atoms with Crippen LogP contribution in [0.15, 0.2) is 0 Å². The van der Waals surface area contributed by atoms with Crippen molar-refractivity contribution in [1.82, 2.24) is 0 Å². The van der Waals surface area contributed by atoms with Crippen LogP contribution in [0.1, 0.15) is 168 Å². The second kappa shape index (κ2) is 29.0. The summed E-state index contributed by atoms with van der Waals surface area (Å²) in [6.45, 7) is 8.35. The summed E-state index contributed by atoms with van der Waals surface area (Å²) in [5.74, 6) is 0. The molecule has 0 saturated heterocycles. The van der Waals surface area contributed by atoms with Gasteiger partial charge < -0.3 is 9.31 Å². The van der Waals surface area contributed by atoms with Crippen LogP contribution in [0.3, 0.4) is 0 Å². The number of hydrogen-bond donors (Lipinski definition) is 0. The van der Waals surface area contributed by atoms with Gasteiger partial charge in [0.1, 0.15) is 0 Å². The highest BCUT2D eigenvalue weighted by atomic mass is 16.6. The van der Waals surface area contributed by atoms with Gasteiger partial charge in [0.15, 0.2) is 0 Å². The lowest BCUT2D eigenvalue weighted by Gasteiger charge is -2.11. The van der Waals surface area contributed by atoms with Crippen molar-refractivity contribution in [3.63, 3.8) is 0 Å². The first kappa shape index (κ1) is 32.0. The lowest BCUT2D eigenvalue weighted by Crippen LogP contribution is -2.19. The Morgan fingerprint density at radius 3 is 0.812 bits per heavy atom. The van der Waals surface area contributed by atoms with E-state index in [9.17, 15) is 0 Å². The molecule has 0 aliphatic carbocycles. The first-order valence-corrected chi connectivity index (χ1v) is 15.0. The van der Waals surface area contributed by atoms with Gasteiger partial charge in [-0.3, -0.25) is 0 Å². The van der Waals surface area contributed by atoms with Crippen molar-refractivity contribution in [1.29, 1.82) is 0 Å². The highest BCUT2D eigenvalue weighted by Crippen LogP contribution is 2.13. The highest BCUT2D eigenvalue weighted by Gasteiger charge is 2.09. The average molecular weight is 453 g/mol. The maximum Gasteiger partial charge on any atom is 0.453 e. The quantitative estimate of drug-likeness (QED) is 0.0868. The molecule has 0 aromatic heterocycles. The molecule has 0 unspecified atom stereocenters. The largest absolute Gasteiger partial charge is 0.453 e. The van der Waals surface area contributed by atoms with Crippen LogP contribution in [0.2, 0.25) is 6.82 Å². The van der Waals surface area contributed by atoms with E-state index in [1.54, 1.807) is 0 Å². The summed E-state index contributed by atoms with van der Waals surface area (Å²) in [6, 6.07) is 0. The van der Waals surface area contributed by atoms with Crippen LogP contribution in [0.25, 0.3) is 0 Å². The number of rotatable bonds is 28. The van der Waals surface area contributed by atoms with Crippen molar-refractivity contribution in [2.75, 3.05) is 13.2 Å². The zero-order valence-electron chi connectivity index (χ0n) is 22.8. The SMILES string of the molecule is CCCCCCCCCCCCCCOB(C)OCCCCCCCCCCCCCC. The van der Waals surface area contributed by atoms with Gasteiger partial charge in [-0.2, -0.15) is 0 Å². The minimum atomic E-state index is -0.0320. The van der Waals surface area contributed by atoms with Gasteiger partial charge in [-0.05, 0) is 19.7 Å².